The number of carbonyl (C=O) groups excluding carboxylic acids is 1. The van der Waals surface area contributed by atoms with Crippen molar-refractivity contribution in [1.29, 1.82) is 0 Å². The predicted octanol–water partition coefficient (Wildman–Crippen LogP) is 4.89. The second-order valence-electron chi connectivity index (χ2n) is 7.50. The summed E-state index contributed by atoms with van der Waals surface area (Å²) in [6, 6.07) is 5.03. The Morgan fingerprint density at radius 2 is 2.27 bits per heavy atom. The summed E-state index contributed by atoms with van der Waals surface area (Å²) < 4.78 is 5.27. The van der Waals surface area contributed by atoms with Gasteiger partial charge < -0.3 is 15.0 Å². The van der Waals surface area contributed by atoms with Crippen LogP contribution in [0.3, 0.4) is 0 Å². The van der Waals surface area contributed by atoms with Crippen LogP contribution in [0.4, 0.5) is 5.69 Å². The van der Waals surface area contributed by atoms with Crippen LogP contribution >= 0.6 is 34.7 Å². The van der Waals surface area contributed by atoms with E-state index in [0.29, 0.717) is 32.9 Å². The molecule has 0 aliphatic heterocycles. The van der Waals surface area contributed by atoms with E-state index < -0.39 is 5.25 Å². The molecule has 6 nitrogen and oxygen atoms in total. The zero-order chi connectivity index (χ0) is 21.4. The van der Waals surface area contributed by atoms with Gasteiger partial charge in [-0.15, -0.1) is 11.3 Å². The highest BCUT2D eigenvalue weighted by atomic mass is 35.5. The molecule has 1 aromatic carbocycles. The lowest BCUT2D eigenvalue weighted by Crippen LogP contribution is -2.23. The van der Waals surface area contributed by atoms with Crippen LogP contribution in [-0.2, 0) is 17.6 Å². The van der Waals surface area contributed by atoms with Crippen molar-refractivity contribution >= 4 is 56.5 Å². The predicted molar refractivity (Wildman–Crippen MR) is 123 cm³/mol. The molecular formula is C21H22ClN3O3S2. The number of halogens is 1. The number of anilines is 1. The van der Waals surface area contributed by atoms with Gasteiger partial charge in [0.2, 0.25) is 5.91 Å². The van der Waals surface area contributed by atoms with Crippen molar-refractivity contribution in [3.05, 3.63) is 44.0 Å². The maximum Gasteiger partial charge on any atom is 0.260 e. The van der Waals surface area contributed by atoms with Gasteiger partial charge in [-0.25, -0.2) is 4.98 Å². The van der Waals surface area contributed by atoms with E-state index in [9.17, 15) is 9.59 Å². The number of thiophene rings is 1. The molecule has 1 amide bonds. The summed E-state index contributed by atoms with van der Waals surface area (Å²) >= 11 is 8.85. The molecule has 2 heterocycles. The Kier molecular flexibility index (Phi) is 6.09. The van der Waals surface area contributed by atoms with E-state index in [1.54, 1.807) is 36.5 Å². The molecule has 1 aliphatic carbocycles. The Balaban J connectivity index is 1.54. The van der Waals surface area contributed by atoms with Gasteiger partial charge in [-0.2, -0.15) is 0 Å². The molecule has 1 aliphatic rings. The van der Waals surface area contributed by atoms with Crippen LogP contribution in [0.1, 0.15) is 30.7 Å². The molecule has 2 unspecified atom stereocenters. The molecule has 0 bridgehead atoms. The average molecular weight is 464 g/mol. The summed E-state index contributed by atoms with van der Waals surface area (Å²) in [4.78, 5) is 35.0. The van der Waals surface area contributed by atoms with Crippen molar-refractivity contribution in [2.75, 3.05) is 12.4 Å². The van der Waals surface area contributed by atoms with Crippen molar-refractivity contribution in [2.24, 2.45) is 5.92 Å². The van der Waals surface area contributed by atoms with Gasteiger partial charge in [-0.1, -0.05) is 30.3 Å². The minimum atomic E-state index is -0.483. The van der Waals surface area contributed by atoms with Gasteiger partial charge in [-0.3, -0.25) is 9.59 Å². The molecule has 2 atom stereocenters. The van der Waals surface area contributed by atoms with Gasteiger partial charge >= 0.3 is 0 Å². The van der Waals surface area contributed by atoms with E-state index in [1.165, 1.54) is 23.7 Å². The maximum absolute atomic E-state index is 12.7. The summed E-state index contributed by atoms with van der Waals surface area (Å²) in [5, 5.41) is 4.01. The number of hydrogen-bond acceptors (Lipinski definition) is 6. The van der Waals surface area contributed by atoms with E-state index in [-0.39, 0.29) is 11.5 Å². The van der Waals surface area contributed by atoms with Crippen LogP contribution in [0.2, 0.25) is 5.02 Å². The number of amides is 1. The molecule has 0 fully saturated rings. The Hall–Kier alpha value is -2.03. The second kappa shape index (κ2) is 8.61. The number of carbonyl (C=O) groups is 1. The number of aromatic nitrogens is 2. The number of nitrogens with zero attached hydrogens (tertiary/aromatic N) is 1. The molecule has 0 saturated carbocycles. The molecule has 30 heavy (non-hydrogen) atoms. The maximum atomic E-state index is 12.7. The van der Waals surface area contributed by atoms with Gasteiger partial charge in [0.25, 0.3) is 5.56 Å². The van der Waals surface area contributed by atoms with Gasteiger partial charge in [-0.05, 0) is 55.9 Å². The molecule has 0 spiro atoms. The van der Waals surface area contributed by atoms with Crippen LogP contribution in [0.5, 0.6) is 5.75 Å². The Morgan fingerprint density at radius 1 is 1.47 bits per heavy atom. The smallest absolute Gasteiger partial charge is 0.260 e. The quantitative estimate of drug-likeness (QED) is 0.415. The highest BCUT2D eigenvalue weighted by Gasteiger charge is 2.24. The van der Waals surface area contributed by atoms with Crippen molar-refractivity contribution < 1.29 is 9.53 Å². The summed E-state index contributed by atoms with van der Waals surface area (Å²) in [6.07, 6.45) is 3.02. The van der Waals surface area contributed by atoms with Crippen molar-refractivity contribution in [3.8, 4) is 5.75 Å². The molecule has 0 saturated heterocycles. The van der Waals surface area contributed by atoms with E-state index in [0.717, 1.165) is 29.7 Å². The minimum absolute atomic E-state index is 0.126. The number of aromatic amines is 1. The molecule has 4 rings (SSSR count). The zero-order valence-electron chi connectivity index (χ0n) is 16.9. The normalized spacial score (nSPS) is 16.9. The summed E-state index contributed by atoms with van der Waals surface area (Å²) in [7, 11) is 1.53. The number of rotatable bonds is 5. The zero-order valence-corrected chi connectivity index (χ0v) is 19.3. The summed E-state index contributed by atoms with van der Waals surface area (Å²) in [5.41, 5.74) is 1.52. The fourth-order valence-electron chi connectivity index (χ4n) is 3.62. The Labute approximate surface area is 187 Å². The molecule has 9 heteroatoms. The summed E-state index contributed by atoms with van der Waals surface area (Å²) in [6.45, 7) is 4.00. The lowest BCUT2D eigenvalue weighted by atomic mass is 9.89. The SMILES string of the molecule is COc1ccc(Cl)cc1NC(=O)C(C)Sc1nc2sc3c(c2c(=O)[nH]1)CCC(C)C3. The van der Waals surface area contributed by atoms with E-state index in [4.69, 9.17) is 16.3 Å². The monoisotopic (exact) mass is 463 g/mol. The number of ether oxygens (including phenoxy) is 1. The van der Waals surface area contributed by atoms with Crippen LogP contribution in [0.15, 0.2) is 28.2 Å². The number of methoxy groups -OCH3 is 1. The number of thioether (sulfide) groups is 1. The third-order valence-electron chi connectivity index (χ3n) is 5.22. The van der Waals surface area contributed by atoms with E-state index in [2.05, 4.69) is 22.2 Å². The van der Waals surface area contributed by atoms with Crippen LogP contribution in [0, 0.1) is 5.92 Å². The Morgan fingerprint density at radius 3 is 3.03 bits per heavy atom. The van der Waals surface area contributed by atoms with E-state index >= 15 is 0 Å². The van der Waals surface area contributed by atoms with Crippen LogP contribution in [0.25, 0.3) is 10.2 Å². The number of H-pyrrole nitrogens is 1. The van der Waals surface area contributed by atoms with Crippen LogP contribution < -0.4 is 15.6 Å². The number of nitrogens with one attached hydrogen (secondary N) is 2. The molecule has 158 valence electrons. The van der Waals surface area contributed by atoms with Crippen molar-refractivity contribution in [1.82, 2.24) is 9.97 Å². The summed E-state index contributed by atoms with van der Waals surface area (Å²) in [5.74, 6) is 0.921. The average Bonchev–Trinajstić information content (AvgIpc) is 3.05. The first-order valence-corrected chi connectivity index (χ1v) is 11.8. The fraction of sp³-hybridized carbons (Fsp3) is 0.381. The number of fused-ring (bicyclic) bond motifs is 3. The number of benzene rings is 1. The third-order valence-corrected chi connectivity index (χ3v) is 7.59. The fourth-order valence-corrected chi connectivity index (χ4v) is 6.03. The third kappa shape index (κ3) is 4.22. The van der Waals surface area contributed by atoms with Gasteiger partial charge in [0.05, 0.1) is 23.4 Å². The van der Waals surface area contributed by atoms with Gasteiger partial charge in [0.1, 0.15) is 10.6 Å². The number of aryl methyl sites for hydroxylation is 1. The molecule has 2 aromatic heterocycles. The molecule has 2 N–H and O–H groups in total. The first kappa shape index (κ1) is 21.2. The lowest BCUT2D eigenvalue weighted by Gasteiger charge is -2.17. The first-order chi connectivity index (χ1) is 14.4. The lowest BCUT2D eigenvalue weighted by molar-refractivity contribution is -0.115. The van der Waals surface area contributed by atoms with Crippen molar-refractivity contribution in [2.45, 2.75) is 43.5 Å². The van der Waals surface area contributed by atoms with Gasteiger partial charge in [0.15, 0.2) is 5.16 Å². The highest BCUT2D eigenvalue weighted by molar-refractivity contribution is 8.00. The first-order valence-electron chi connectivity index (χ1n) is 9.71. The van der Waals surface area contributed by atoms with Gasteiger partial charge in [0, 0.05) is 9.90 Å². The van der Waals surface area contributed by atoms with Crippen LogP contribution in [-0.4, -0.2) is 28.2 Å². The molecule has 0 radical (unpaired) electrons. The topological polar surface area (TPSA) is 84.1 Å². The second-order valence-corrected chi connectivity index (χ2v) is 10.3. The standard InChI is InChI=1S/C21H22ClN3O3S2/c1-10-4-6-13-16(8-10)30-20-17(13)19(27)24-21(25-20)29-11(2)18(26)23-14-9-12(22)5-7-15(14)28-3/h5,7,9-11H,4,6,8H2,1-3H3,(H,23,26)(H,24,25,27). The minimum Gasteiger partial charge on any atom is -0.495 e. The highest BCUT2D eigenvalue weighted by Crippen LogP contribution is 2.36. The Bertz CT molecular complexity index is 1170. The molecular weight excluding hydrogens is 442 g/mol. The molecule has 3 aromatic rings. The number of hydrogen-bond donors (Lipinski definition) is 2. The largest absolute Gasteiger partial charge is 0.495 e. The van der Waals surface area contributed by atoms with E-state index in [1.807, 2.05) is 0 Å². The van der Waals surface area contributed by atoms with Crippen molar-refractivity contribution in [3.63, 3.8) is 0 Å².